The number of sulfonamides is 1. The predicted octanol–water partition coefficient (Wildman–Crippen LogP) is 2.14. The van der Waals surface area contributed by atoms with Crippen LogP contribution < -0.4 is 5.32 Å². The van der Waals surface area contributed by atoms with Gasteiger partial charge >= 0.3 is 5.97 Å². The number of β-amino-alcohol motifs (C(OH)–C–C–N with tert-alkyl or cyclic N) is 1. The molecule has 0 spiro atoms. The second-order valence-corrected chi connectivity index (χ2v) is 9.66. The van der Waals surface area contributed by atoms with Crippen molar-refractivity contribution >= 4 is 50.9 Å². The van der Waals surface area contributed by atoms with E-state index in [0.717, 1.165) is 28.6 Å². The van der Waals surface area contributed by atoms with Crippen molar-refractivity contribution in [3.63, 3.8) is 0 Å². The van der Waals surface area contributed by atoms with Gasteiger partial charge in [0.2, 0.25) is 10.0 Å². The summed E-state index contributed by atoms with van der Waals surface area (Å²) in [6, 6.07) is 2.68. The van der Waals surface area contributed by atoms with E-state index in [0.29, 0.717) is 10.6 Å². The first-order valence-electron chi connectivity index (χ1n) is 9.23. The monoisotopic (exact) mass is 505 g/mol. The number of nitrogens with zero attached hydrogens (tertiary/aromatic N) is 2. The number of esters is 1. The first-order chi connectivity index (χ1) is 15.0. The van der Waals surface area contributed by atoms with Crippen LogP contribution in [0, 0.1) is 12.7 Å². The molecule has 1 aliphatic rings. The fourth-order valence-corrected chi connectivity index (χ4v) is 5.07. The molecule has 1 saturated heterocycles. The van der Waals surface area contributed by atoms with Crippen LogP contribution in [0.5, 0.6) is 0 Å². The van der Waals surface area contributed by atoms with E-state index in [1.54, 1.807) is 6.92 Å². The van der Waals surface area contributed by atoms with Crippen molar-refractivity contribution in [2.75, 3.05) is 18.5 Å². The van der Waals surface area contributed by atoms with E-state index in [2.05, 4.69) is 10.3 Å². The summed E-state index contributed by atoms with van der Waals surface area (Å²) in [5.74, 6) is -2.39. The molecule has 13 heteroatoms. The van der Waals surface area contributed by atoms with Gasteiger partial charge in [-0.25, -0.2) is 17.8 Å². The van der Waals surface area contributed by atoms with Gasteiger partial charge in [0.05, 0.1) is 21.0 Å². The summed E-state index contributed by atoms with van der Waals surface area (Å²) in [6.07, 6.45) is -0.0377. The molecule has 2 N–H and O–H groups in total. The number of halogens is 3. The number of hydrogen-bond acceptors (Lipinski definition) is 7. The second kappa shape index (κ2) is 9.67. The van der Waals surface area contributed by atoms with Crippen molar-refractivity contribution in [1.82, 2.24) is 9.29 Å². The minimum absolute atomic E-state index is 0.0198. The standard InChI is InChI=1S/C19H18Cl2FN3O6S/c1-10-14(20)7-23-18(17(10)21)24-16(27)9-31-19(28)15-6-12(26)8-25(15)32(29,30)13-4-2-11(22)3-5-13/h2-5,7,12,15,26H,6,8-9H2,1H3,(H,23,24,27)/t12-,15-/m1/s1. The van der Waals surface area contributed by atoms with Gasteiger partial charge < -0.3 is 15.2 Å². The third kappa shape index (κ3) is 5.18. The highest BCUT2D eigenvalue weighted by atomic mass is 35.5. The zero-order valence-corrected chi connectivity index (χ0v) is 18.9. The van der Waals surface area contributed by atoms with Gasteiger partial charge in [-0.1, -0.05) is 23.2 Å². The van der Waals surface area contributed by atoms with Crippen molar-refractivity contribution in [3.8, 4) is 0 Å². The van der Waals surface area contributed by atoms with E-state index in [4.69, 9.17) is 27.9 Å². The molecular formula is C19H18Cl2FN3O6S. The van der Waals surface area contributed by atoms with Gasteiger partial charge in [-0.15, -0.1) is 0 Å². The molecule has 0 unspecified atom stereocenters. The topological polar surface area (TPSA) is 126 Å². The molecule has 0 saturated carbocycles. The highest BCUT2D eigenvalue weighted by Crippen LogP contribution is 2.29. The van der Waals surface area contributed by atoms with E-state index in [1.807, 2.05) is 0 Å². The van der Waals surface area contributed by atoms with E-state index in [-0.39, 0.29) is 28.7 Å². The number of carbonyl (C=O) groups excluding carboxylic acids is 2. The summed E-state index contributed by atoms with van der Waals surface area (Å²) in [5, 5.41) is 12.7. The molecule has 1 amide bonds. The minimum atomic E-state index is -4.22. The molecule has 2 aromatic rings. The summed E-state index contributed by atoms with van der Waals surface area (Å²) < 4.78 is 44.6. The second-order valence-electron chi connectivity index (χ2n) is 6.98. The maximum Gasteiger partial charge on any atom is 0.325 e. The van der Waals surface area contributed by atoms with Crippen LogP contribution in [0.15, 0.2) is 35.4 Å². The molecule has 2 atom stereocenters. The molecule has 3 rings (SSSR count). The Kier molecular flexibility index (Phi) is 7.36. The Balaban J connectivity index is 1.67. The van der Waals surface area contributed by atoms with Gasteiger partial charge in [0.1, 0.15) is 11.9 Å². The predicted molar refractivity (Wildman–Crippen MR) is 113 cm³/mol. The molecule has 172 valence electrons. The number of aliphatic hydroxyl groups is 1. The van der Waals surface area contributed by atoms with Crippen LogP contribution in [0.25, 0.3) is 0 Å². The van der Waals surface area contributed by atoms with Gasteiger partial charge in [-0.05, 0) is 36.8 Å². The summed E-state index contributed by atoms with van der Waals surface area (Å²) >= 11 is 12.0. The smallest absolute Gasteiger partial charge is 0.325 e. The van der Waals surface area contributed by atoms with E-state index < -0.39 is 46.5 Å². The van der Waals surface area contributed by atoms with Crippen molar-refractivity contribution in [2.24, 2.45) is 0 Å². The number of nitrogens with one attached hydrogen (secondary N) is 1. The number of aromatic nitrogens is 1. The SMILES string of the molecule is Cc1c(Cl)cnc(NC(=O)COC(=O)[C@H]2C[C@@H](O)CN2S(=O)(=O)c2ccc(F)cc2)c1Cl. The molecule has 1 fully saturated rings. The quantitative estimate of drug-likeness (QED) is 0.575. The highest BCUT2D eigenvalue weighted by molar-refractivity contribution is 7.89. The minimum Gasteiger partial charge on any atom is -0.454 e. The molecule has 1 aromatic heterocycles. The van der Waals surface area contributed by atoms with Crippen molar-refractivity contribution in [3.05, 3.63) is 51.9 Å². The zero-order chi connectivity index (χ0) is 23.6. The Morgan fingerprint density at radius 2 is 1.97 bits per heavy atom. The molecule has 32 heavy (non-hydrogen) atoms. The van der Waals surface area contributed by atoms with Crippen LogP contribution in [0.3, 0.4) is 0 Å². The van der Waals surface area contributed by atoms with Crippen LogP contribution in [0.2, 0.25) is 10.0 Å². The summed E-state index contributed by atoms with van der Waals surface area (Å²) in [7, 11) is -4.22. The van der Waals surface area contributed by atoms with E-state index in [1.165, 1.54) is 6.20 Å². The van der Waals surface area contributed by atoms with Gasteiger partial charge in [0.25, 0.3) is 5.91 Å². The first kappa shape index (κ1) is 24.3. The van der Waals surface area contributed by atoms with Gasteiger partial charge in [0.15, 0.2) is 12.4 Å². The van der Waals surface area contributed by atoms with Crippen LogP contribution in [0.1, 0.15) is 12.0 Å². The number of ether oxygens (including phenoxy) is 1. The van der Waals surface area contributed by atoms with Crippen molar-refractivity contribution < 1.29 is 32.2 Å². The lowest BCUT2D eigenvalue weighted by molar-refractivity contribution is -0.150. The maximum absolute atomic E-state index is 13.1. The number of aliphatic hydroxyl groups excluding tert-OH is 1. The molecule has 0 radical (unpaired) electrons. The fourth-order valence-electron chi connectivity index (χ4n) is 3.05. The third-order valence-corrected chi connectivity index (χ3v) is 7.46. The molecule has 9 nitrogen and oxygen atoms in total. The Labute approximate surface area is 193 Å². The summed E-state index contributed by atoms with van der Waals surface area (Å²) in [6.45, 7) is 0.536. The molecule has 1 aromatic carbocycles. The van der Waals surface area contributed by atoms with E-state index >= 15 is 0 Å². The summed E-state index contributed by atoms with van der Waals surface area (Å²) in [4.78, 5) is 28.3. The van der Waals surface area contributed by atoms with Crippen LogP contribution in [-0.4, -0.2) is 60.0 Å². The number of carbonyl (C=O) groups is 2. The molecule has 1 aliphatic heterocycles. The zero-order valence-electron chi connectivity index (χ0n) is 16.6. The Morgan fingerprint density at radius 1 is 1.31 bits per heavy atom. The first-order valence-corrected chi connectivity index (χ1v) is 11.4. The van der Waals surface area contributed by atoms with E-state index in [9.17, 15) is 27.5 Å². The molecule has 0 aliphatic carbocycles. The molecule has 2 heterocycles. The Morgan fingerprint density at radius 3 is 2.62 bits per heavy atom. The number of benzene rings is 1. The van der Waals surface area contributed by atoms with Crippen LogP contribution in [0.4, 0.5) is 10.2 Å². The normalized spacial score (nSPS) is 19.0. The average molecular weight is 506 g/mol. The number of rotatable bonds is 6. The number of anilines is 1. The van der Waals surface area contributed by atoms with Crippen molar-refractivity contribution in [1.29, 1.82) is 0 Å². The Bertz CT molecular complexity index is 1150. The largest absolute Gasteiger partial charge is 0.454 e. The lowest BCUT2D eigenvalue weighted by Gasteiger charge is -2.22. The lowest BCUT2D eigenvalue weighted by Crippen LogP contribution is -2.42. The maximum atomic E-state index is 13.1. The van der Waals surface area contributed by atoms with Gasteiger partial charge in [-0.3, -0.25) is 9.59 Å². The highest BCUT2D eigenvalue weighted by Gasteiger charge is 2.44. The molecule has 0 bridgehead atoms. The van der Waals surface area contributed by atoms with Gasteiger partial charge in [0, 0.05) is 19.2 Å². The number of amides is 1. The number of pyridine rings is 1. The van der Waals surface area contributed by atoms with Crippen molar-refractivity contribution in [2.45, 2.75) is 30.4 Å². The van der Waals surface area contributed by atoms with Crippen LogP contribution >= 0.6 is 23.2 Å². The van der Waals surface area contributed by atoms with Crippen LogP contribution in [-0.2, 0) is 24.3 Å². The molecular weight excluding hydrogens is 488 g/mol. The average Bonchev–Trinajstić information content (AvgIpc) is 3.15. The fraction of sp³-hybridized carbons (Fsp3) is 0.316. The lowest BCUT2D eigenvalue weighted by atomic mass is 10.2. The Hall–Kier alpha value is -2.31. The van der Waals surface area contributed by atoms with Gasteiger partial charge in [-0.2, -0.15) is 4.31 Å². The number of hydrogen-bond donors (Lipinski definition) is 2. The third-order valence-electron chi connectivity index (χ3n) is 4.73. The summed E-state index contributed by atoms with van der Waals surface area (Å²) in [5.41, 5.74) is 0.497.